The number of fused-ring (bicyclic) bond motifs is 1. The number of aryl methyl sites for hydroxylation is 1. The molecule has 0 saturated carbocycles. The fourth-order valence-corrected chi connectivity index (χ4v) is 1.96. The Hall–Kier alpha value is -0.600. The van der Waals surface area contributed by atoms with Crippen molar-refractivity contribution in [2.45, 2.75) is 16.7 Å². The molecule has 0 heterocycles. The van der Waals surface area contributed by atoms with Gasteiger partial charge in [-0.25, -0.2) is 0 Å². The molecule has 0 aliphatic rings. The summed E-state index contributed by atoms with van der Waals surface area (Å²) in [5, 5.41) is 2.34. The minimum atomic E-state index is 1.01. The van der Waals surface area contributed by atoms with Gasteiger partial charge in [-0.15, -0.1) is 25.3 Å². The van der Waals surface area contributed by atoms with Crippen LogP contribution in [0, 0.1) is 6.92 Å². The minimum Gasteiger partial charge on any atom is -0.143 e. The second kappa shape index (κ2) is 3.28. The lowest BCUT2D eigenvalue weighted by molar-refractivity contribution is 1.42. The monoisotopic (exact) mass is 206 g/mol. The maximum absolute atomic E-state index is 4.41. The van der Waals surface area contributed by atoms with Gasteiger partial charge in [-0.1, -0.05) is 23.8 Å². The quantitative estimate of drug-likeness (QED) is 0.603. The van der Waals surface area contributed by atoms with Gasteiger partial charge in [0.25, 0.3) is 0 Å². The van der Waals surface area contributed by atoms with Gasteiger partial charge in [0.15, 0.2) is 0 Å². The first kappa shape index (κ1) is 8.97. The summed E-state index contributed by atoms with van der Waals surface area (Å²) in [7, 11) is 0. The first-order valence-electron chi connectivity index (χ1n) is 4.10. The van der Waals surface area contributed by atoms with Gasteiger partial charge in [-0.3, -0.25) is 0 Å². The van der Waals surface area contributed by atoms with Gasteiger partial charge >= 0.3 is 0 Å². The van der Waals surface area contributed by atoms with Crippen molar-refractivity contribution >= 4 is 36.0 Å². The van der Waals surface area contributed by atoms with Crippen molar-refractivity contribution < 1.29 is 0 Å². The molecule has 0 unspecified atom stereocenters. The van der Waals surface area contributed by atoms with Crippen LogP contribution >= 0.6 is 25.3 Å². The summed E-state index contributed by atoms with van der Waals surface area (Å²) in [5.41, 5.74) is 1.25. The standard InChI is InChI=1S/C11H10S2/c1-7-2-3-8-9(6-7)11(13)5-4-10(8)12/h2-6,12-13H,1H3. The second-order valence-corrected chi connectivity index (χ2v) is 4.12. The summed E-state index contributed by atoms with van der Waals surface area (Å²) in [6.07, 6.45) is 0. The molecule has 0 radical (unpaired) electrons. The Morgan fingerprint density at radius 3 is 2.15 bits per heavy atom. The van der Waals surface area contributed by atoms with Crippen molar-refractivity contribution in [3.8, 4) is 0 Å². The van der Waals surface area contributed by atoms with Gasteiger partial charge in [-0.05, 0) is 29.8 Å². The van der Waals surface area contributed by atoms with E-state index in [9.17, 15) is 0 Å². The number of hydrogen-bond acceptors (Lipinski definition) is 2. The summed E-state index contributed by atoms with van der Waals surface area (Å²) < 4.78 is 0. The van der Waals surface area contributed by atoms with Gasteiger partial charge in [0.1, 0.15) is 0 Å². The molecule has 0 spiro atoms. The highest BCUT2D eigenvalue weighted by Crippen LogP contribution is 2.28. The number of thiol groups is 2. The summed E-state index contributed by atoms with van der Waals surface area (Å²) in [6.45, 7) is 2.08. The minimum absolute atomic E-state index is 1.01. The summed E-state index contributed by atoms with van der Waals surface area (Å²) in [4.78, 5) is 2.02. The van der Waals surface area contributed by atoms with Crippen LogP contribution in [-0.2, 0) is 0 Å². The third-order valence-electron chi connectivity index (χ3n) is 2.13. The molecular formula is C11H10S2. The van der Waals surface area contributed by atoms with E-state index >= 15 is 0 Å². The Morgan fingerprint density at radius 1 is 0.846 bits per heavy atom. The van der Waals surface area contributed by atoms with Crippen molar-refractivity contribution in [2.75, 3.05) is 0 Å². The molecular weight excluding hydrogens is 196 g/mol. The predicted molar refractivity (Wildman–Crippen MR) is 63.2 cm³/mol. The van der Waals surface area contributed by atoms with E-state index in [1.807, 2.05) is 12.1 Å². The van der Waals surface area contributed by atoms with Crippen LogP contribution < -0.4 is 0 Å². The summed E-state index contributed by atoms with van der Waals surface area (Å²) in [5.74, 6) is 0. The van der Waals surface area contributed by atoms with Crippen LogP contribution in [0.15, 0.2) is 40.1 Å². The maximum atomic E-state index is 4.41. The molecule has 0 atom stereocenters. The predicted octanol–water partition coefficient (Wildman–Crippen LogP) is 3.73. The van der Waals surface area contributed by atoms with Crippen molar-refractivity contribution in [1.82, 2.24) is 0 Å². The average molecular weight is 206 g/mol. The third kappa shape index (κ3) is 1.56. The molecule has 2 aromatic carbocycles. The highest BCUT2D eigenvalue weighted by molar-refractivity contribution is 7.81. The van der Waals surface area contributed by atoms with E-state index in [0.717, 1.165) is 9.79 Å². The van der Waals surface area contributed by atoms with Crippen LogP contribution in [0.5, 0.6) is 0 Å². The molecule has 0 aromatic heterocycles. The Balaban J connectivity index is 2.92. The first-order valence-corrected chi connectivity index (χ1v) is 4.99. The van der Waals surface area contributed by atoms with Gasteiger partial charge in [-0.2, -0.15) is 0 Å². The molecule has 0 bridgehead atoms. The third-order valence-corrected chi connectivity index (χ3v) is 2.91. The molecule has 0 amide bonds. The lowest BCUT2D eigenvalue weighted by Crippen LogP contribution is -1.79. The van der Waals surface area contributed by atoms with E-state index in [4.69, 9.17) is 0 Å². The molecule has 2 rings (SSSR count). The van der Waals surface area contributed by atoms with Crippen LogP contribution in [0.1, 0.15) is 5.56 Å². The fraction of sp³-hybridized carbons (Fsp3) is 0.0909. The van der Waals surface area contributed by atoms with E-state index < -0.39 is 0 Å². The summed E-state index contributed by atoms with van der Waals surface area (Å²) >= 11 is 8.81. The normalized spacial score (nSPS) is 10.7. The average Bonchev–Trinajstić information content (AvgIpc) is 2.12. The van der Waals surface area contributed by atoms with Crippen LogP contribution in [0.3, 0.4) is 0 Å². The number of rotatable bonds is 0. The van der Waals surface area contributed by atoms with Crippen molar-refractivity contribution in [1.29, 1.82) is 0 Å². The Kier molecular flexibility index (Phi) is 2.26. The van der Waals surface area contributed by atoms with E-state index in [2.05, 4.69) is 50.4 Å². The molecule has 2 heteroatoms. The second-order valence-electron chi connectivity index (χ2n) is 3.15. The molecule has 13 heavy (non-hydrogen) atoms. The summed E-state index contributed by atoms with van der Waals surface area (Å²) in [6, 6.07) is 10.3. The highest BCUT2D eigenvalue weighted by Gasteiger charge is 2.00. The van der Waals surface area contributed by atoms with E-state index in [1.165, 1.54) is 16.3 Å². The van der Waals surface area contributed by atoms with E-state index in [0.29, 0.717) is 0 Å². The topological polar surface area (TPSA) is 0 Å². The lowest BCUT2D eigenvalue weighted by atomic mass is 10.1. The molecule has 0 aliphatic heterocycles. The van der Waals surface area contributed by atoms with Gasteiger partial charge in [0.2, 0.25) is 0 Å². The lowest BCUT2D eigenvalue weighted by Gasteiger charge is -2.04. The van der Waals surface area contributed by atoms with Crippen LogP contribution in [-0.4, -0.2) is 0 Å². The fourth-order valence-electron chi connectivity index (χ4n) is 1.43. The molecule has 2 aromatic rings. The molecule has 0 nitrogen and oxygen atoms in total. The zero-order valence-corrected chi connectivity index (χ0v) is 9.07. The molecule has 0 N–H and O–H groups in total. The smallest absolute Gasteiger partial charge is 0.0119 e. The van der Waals surface area contributed by atoms with E-state index in [1.54, 1.807) is 0 Å². The number of hydrogen-bond donors (Lipinski definition) is 2. The molecule has 0 aliphatic carbocycles. The SMILES string of the molecule is Cc1ccc2c(S)ccc(S)c2c1. The Bertz CT molecular complexity index is 461. The van der Waals surface area contributed by atoms with Crippen LogP contribution in [0.25, 0.3) is 10.8 Å². The zero-order chi connectivity index (χ0) is 9.42. The molecule has 0 saturated heterocycles. The largest absolute Gasteiger partial charge is 0.143 e. The molecule has 0 fully saturated rings. The maximum Gasteiger partial charge on any atom is 0.0119 e. The number of benzene rings is 2. The van der Waals surface area contributed by atoms with Crippen molar-refractivity contribution in [3.63, 3.8) is 0 Å². The van der Waals surface area contributed by atoms with E-state index in [-0.39, 0.29) is 0 Å². The molecule has 66 valence electrons. The Labute approximate surface area is 88.8 Å². The zero-order valence-electron chi connectivity index (χ0n) is 7.28. The van der Waals surface area contributed by atoms with Crippen molar-refractivity contribution in [3.05, 3.63) is 35.9 Å². The van der Waals surface area contributed by atoms with Crippen molar-refractivity contribution in [2.24, 2.45) is 0 Å². The highest BCUT2D eigenvalue weighted by atomic mass is 32.1. The van der Waals surface area contributed by atoms with Gasteiger partial charge in [0, 0.05) is 9.79 Å². The van der Waals surface area contributed by atoms with Gasteiger partial charge in [0.05, 0.1) is 0 Å². The first-order chi connectivity index (χ1) is 6.18. The van der Waals surface area contributed by atoms with Gasteiger partial charge < -0.3 is 0 Å². The Morgan fingerprint density at radius 2 is 1.46 bits per heavy atom. The van der Waals surface area contributed by atoms with Crippen LogP contribution in [0.2, 0.25) is 0 Å². The van der Waals surface area contributed by atoms with Crippen LogP contribution in [0.4, 0.5) is 0 Å².